The summed E-state index contributed by atoms with van der Waals surface area (Å²) >= 11 is 0. The SMILES string of the molecule is NC1=N[C@@]2(CO1)c1cc(-c3cccnc3)ccc1Oc1cnc(N3CCC3)cc12. The van der Waals surface area contributed by atoms with Gasteiger partial charge in [0.25, 0.3) is 6.02 Å². The molecular formula is C22H19N5O2. The van der Waals surface area contributed by atoms with E-state index in [1.165, 1.54) is 6.42 Å². The van der Waals surface area contributed by atoms with Crippen LogP contribution in [0.2, 0.25) is 0 Å². The molecule has 1 aromatic carbocycles. The lowest BCUT2D eigenvalue weighted by molar-refractivity contribution is 0.264. The van der Waals surface area contributed by atoms with Gasteiger partial charge in [-0.2, -0.15) is 0 Å². The number of hydrogen-bond acceptors (Lipinski definition) is 7. The molecule has 2 aromatic heterocycles. The predicted molar refractivity (Wildman–Crippen MR) is 109 cm³/mol. The molecule has 1 spiro atoms. The number of nitrogens with two attached hydrogens (primary N) is 1. The van der Waals surface area contributed by atoms with Crippen LogP contribution in [-0.2, 0) is 10.3 Å². The number of benzene rings is 1. The first kappa shape index (κ1) is 16.4. The summed E-state index contributed by atoms with van der Waals surface area (Å²) in [5.74, 6) is 2.37. The molecule has 1 saturated heterocycles. The molecule has 3 aliphatic rings. The number of anilines is 1. The van der Waals surface area contributed by atoms with Gasteiger partial charge in [0, 0.05) is 42.2 Å². The number of ether oxygens (including phenoxy) is 2. The molecule has 0 amide bonds. The molecule has 0 bridgehead atoms. The molecule has 1 atom stereocenters. The highest BCUT2D eigenvalue weighted by molar-refractivity contribution is 5.78. The van der Waals surface area contributed by atoms with Gasteiger partial charge < -0.3 is 20.1 Å². The zero-order valence-electron chi connectivity index (χ0n) is 15.7. The van der Waals surface area contributed by atoms with E-state index in [0.29, 0.717) is 12.4 Å². The standard InChI is InChI=1S/C22H19N5O2/c23-21-26-22(13-28-21)16-9-14(15-3-1-6-24-11-15)4-5-18(16)29-19-12-25-20(10-17(19)22)27-7-2-8-27/h1,3-6,9-12H,2,7-8,13H2,(H2,23,26)/t22-/m0/s1. The lowest BCUT2D eigenvalue weighted by Gasteiger charge is -2.36. The van der Waals surface area contributed by atoms with E-state index in [-0.39, 0.29) is 6.02 Å². The average Bonchev–Trinajstić information content (AvgIpc) is 3.10. The molecule has 0 aliphatic carbocycles. The number of aromatic nitrogens is 2. The number of amidine groups is 1. The fourth-order valence-corrected chi connectivity index (χ4v) is 4.18. The minimum atomic E-state index is -0.742. The number of aliphatic imine (C=N–C) groups is 1. The van der Waals surface area contributed by atoms with Crippen molar-refractivity contribution in [3.8, 4) is 22.6 Å². The van der Waals surface area contributed by atoms with E-state index in [9.17, 15) is 0 Å². The number of hydrogen-bond donors (Lipinski definition) is 1. The predicted octanol–water partition coefficient (Wildman–Crippen LogP) is 3.05. The molecule has 2 N–H and O–H groups in total. The monoisotopic (exact) mass is 385 g/mol. The molecule has 0 radical (unpaired) electrons. The van der Waals surface area contributed by atoms with Crippen molar-refractivity contribution in [3.05, 3.63) is 66.1 Å². The Morgan fingerprint density at radius 1 is 1.00 bits per heavy atom. The third kappa shape index (κ3) is 2.40. The molecule has 1 fully saturated rings. The van der Waals surface area contributed by atoms with Gasteiger partial charge in [0.1, 0.15) is 18.2 Å². The van der Waals surface area contributed by atoms with Crippen molar-refractivity contribution in [3.63, 3.8) is 0 Å². The average molecular weight is 385 g/mol. The highest BCUT2D eigenvalue weighted by atomic mass is 16.5. The van der Waals surface area contributed by atoms with Crippen LogP contribution in [-0.4, -0.2) is 35.7 Å². The third-order valence-corrected chi connectivity index (χ3v) is 5.85. The van der Waals surface area contributed by atoms with E-state index in [1.54, 1.807) is 12.4 Å². The van der Waals surface area contributed by atoms with Gasteiger partial charge in [-0.3, -0.25) is 4.98 Å². The molecule has 0 saturated carbocycles. The van der Waals surface area contributed by atoms with Gasteiger partial charge in [0.2, 0.25) is 0 Å². The molecule has 3 aliphatic heterocycles. The van der Waals surface area contributed by atoms with Crippen LogP contribution in [0.25, 0.3) is 11.1 Å². The smallest absolute Gasteiger partial charge is 0.283 e. The van der Waals surface area contributed by atoms with Crippen molar-refractivity contribution < 1.29 is 9.47 Å². The zero-order valence-corrected chi connectivity index (χ0v) is 15.7. The summed E-state index contributed by atoms with van der Waals surface area (Å²) in [6.45, 7) is 2.37. The van der Waals surface area contributed by atoms with Crippen LogP contribution < -0.4 is 15.4 Å². The van der Waals surface area contributed by atoms with Gasteiger partial charge in [-0.1, -0.05) is 12.1 Å². The summed E-state index contributed by atoms with van der Waals surface area (Å²) < 4.78 is 11.9. The van der Waals surface area contributed by atoms with Gasteiger partial charge >= 0.3 is 0 Å². The van der Waals surface area contributed by atoms with Gasteiger partial charge in [-0.15, -0.1) is 0 Å². The maximum Gasteiger partial charge on any atom is 0.283 e. The minimum Gasteiger partial charge on any atom is -0.462 e. The molecule has 144 valence electrons. The van der Waals surface area contributed by atoms with Gasteiger partial charge in [0.15, 0.2) is 11.3 Å². The Kier molecular flexibility index (Phi) is 3.35. The maximum atomic E-state index is 6.21. The Balaban J connectivity index is 1.55. The van der Waals surface area contributed by atoms with Crippen molar-refractivity contribution in [1.82, 2.24) is 9.97 Å². The first-order chi connectivity index (χ1) is 14.2. The number of pyridine rings is 2. The normalized spacial score (nSPS) is 21.5. The Morgan fingerprint density at radius 3 is 2.62 bits per heavy atom. The maximum absolute atomic E-state index is 6.21. The summed E-state index contributed by atoms with van der Waals surface area (Å²) in [6.07, 6.45) is 6.59. The van der Waals surface area contributed by atoms with Crippen molar-refractivity contribution in [2.24, 2.45) is 10.7 Å². The van der Waals surface area contributed by atoms with Crippen LogP contribution in [0.5, 0.6) is 11.5 Å². The van der Waals surface area contributed by atoms with Crippen molar-refractivity contribution >= 4 is 11.8 Å². The second-order valence-electron chi connectivity index (χ2n) is 7.53. The highest BCUT2D eigenvalue weighted by Crippen LogP contribution is 2.52. The van der Waals surface area contributed by atoms with E-state index in [4.69, 9.17) is 20.2 Å². The van der Waals surface area contributed by atoms with Crippen LogP contribution >= 0.6 is 0 Å². The molecule has 5 heterocycles. The second-order valence-corrected chi connectivity index (χ2v) is 7.53. The largest absolute Gasteiger partial charge is 0.462 e. The summed E-state index contributed by atoms with van der Waals surface area (Å²) in [7, 11) is 0. The fraction of sp³-hybridized carbons (Fsp3) is 0.227. The summed E-state index contributed by atoms with van der Waals surface area (Å²) in [4.78, 5) is 15.9. The molecular weight excluding hydrogens is 366 g/mol. The van der Waals surface area contributed by atoms with Gasteiger partial charge in [0.05, 0.1) is 6.20 Å². The van der Waals surface area contributed by atoms with Crippen molar-refractivity contribution in [1.29, 1.82) is 0 Å². The molecule has 7 heteroatoms. The van der Waals surface area contributed by atoms with Gasteiger partial charge in [-0.05, 0) is 36.2 Å². The minimum absolute atomic E-state index is 0.192. The lowest BCUT2D eigenvalue weighted by atomic mass is 9.80. The van der Waals surface area contributed by atoms with E-state index in [1.807, 2.05) is 30.5 Å². The lowest BCUT2D eigenvalue weighted by Crippen LogP contribution is -2.38. The van der Waals surface area contributed by atoms with Gasteiger partial charge in [-0.25, -0.2) is 9.98 Å². The Labute approximate surface area is 167 Å². The number of rotatable bonds is 2. The number of fused-ring (bicyclic) bond motifs is 4. The van der Waals surface area contributed by atoms with Crippen molar-refractivity contribution in [2.45, 2.75) is 12.0 Å². The summed E-state index contributed by atoms with van der Waals surface area (Å²) in [5.41, 5.74) is 9.19. The van der Waals surface area contributed by atoms with Crippen LogP contribution in [0, 0.1) is 0 Å². The summed E-state index contributed by atoms with van der Waals surface area (Å²) in [6, 6.07) is 12.3. The summed E-state index contributed by atoms with van der Waals surface area (Å²) in [5, 5.41) is 0. The third-order valence-electron chi connectivity index (χ3n) is 5.85. The van der Waals surface area contributed by atoms with E-state index >= 15 is 0 Å². The van der Waals surface area contributed by atoms with Crippen LogP contribution in [0.4, 0.5) is 5.82 Å². The Bertz CT molecular complexity index is 1140. The van der Waals surface area contributed by atoms with E-state index < -0.39 is 5.54 Å². The van der Waals surface area contributed by atoms with E-state index in [2.05, 4.69) is 27.0 Å². The molecule has 6 rings (SSSR count). The highest BCUT2D eigenvalue weighted by Gasteiger charge is 2.47. The van der Waals surface area contributed by atoms with Crippen LogP contribution in [0.1, 0.15) is 17.5 Å². The molecule has 29 heavy (non-hydrogen) atoms. The van der Waals surface area contributed by atoms with Crippen molar-refractivity contribution in [2.75, 3.05) is 24.6 Å². The zero-order chi connectivity index (χ0) is 19.4. The molecule has 3 aromatic rings. The molecule has 0 unspecified atom stereocenters. The van der Waals surface area contributed by atoms with E-state index in [0.717, 1.165) is 46.9 Å². The second kappa shape index (κ2) is 5.94. The fourth-order valence-electron chi connectivity index (χ4n) is 4.18. The Hall–Kier alpha value is -3.61. The van der Waals surface area contributed by atoms with Crippen LogP contribution in [0.3, 0.4) is 0 Å². The first-order valence-electron chi connectivity index (χ1n) is 9.69. The topological polar surface area (TPSA) is 85.9 Å². The first-order valence-corrected chi connectivity index (χ1v) is 9.69. The van der Waals surface area contributed by atoms with Crippen LogP contribution in [0.15, 0.2) is 60.0 Å². The Morgan fingerprint density at radius 2 is 1.90 bits per heavy atom. The quantitative estimate of drug-likeness (QED) is 0.730. The number of nitrogens with zero attached hydrogens (tertiary/aromatic N) is 4. The molecule has 7 nitrogen and oxygen atoms in total.